The van der Waals surface area contributed by atoms with E-state index in [2.05, 4.69) is 14.6 Å². The minimum absolute atomic E-state index is 0.0852. The van der Waals surface area contributed by atoms with Gasteiger partial charge in [-0.3, -0.25) is 9.52 Å². The summed E-state index contributed by atoms with van der Waals surface area (Å²) in [5, 5.41) is 0.115. The molecule has 3 aromatic rings. The van der Waals surface area contributed by atoms with Crippen molar-refractivity contribution in [1.82, 2.24) is 9.88 Å². The molecule has 2 aromatic carbocycles. The van der Waals surface area contributed by atoms with Gasteiger partial charge >= 0.3 is 0 Å². The van der Waals surface area contributed by atoms with Crippen molar-refractivity contribution in [3.8, 4) is 11.6 Å². The molecule has 1 amide bonds. The number of sulfonamides is 1. The highest BCUT2D eigenvalue weighted by molar-refractivity contribution is 7.92. The Labute approximate surface area is 202 Å². The van der Waals surface area contributed by atoms with E-state index >= 15 is 0 Å². The van der Waals surface area contributed by atoms with Crippen LogP contribution in [0.2, 0.25) is 5.02 Å². The predicted octanol–water partition coefficient (Wildman–Crippen LogP) is 4.14. The van der Waals surface area contributed by atoms with Gasteiger partial charge in [0, 0.05) is 38.8 Å². The van der Waals surface area contributed by atoms with Crippen LogP contribution in [0.1, 0.15) is 6.92 Å². The summed E-state index contributed by atoms with van der Waals surface area (Å²) in [6, 6.07) is 13.2. The Hall–Kier alpha value is -3.37. The normalized spacial score (nSPS) is 14.1. The minimum Gasteiger partial charge on any atom is -0.438 e. The van der Waals surface area contributed by atoms with Crippen molar-refractivity contribution in [1.29, 1.82) is 0 Å². The molecule has 1 aliphatic rings. The summed E-state index contributed by atoms with van der Waals surface area (Å²) >= 11 is 6.25. The number of ether oxygens (including phenoxy) is 1. The van der Waals surface area contributed by atoms with Crippen molar-refractivity contribution in [2.24, 2.45) is 0 Å². The SMILES string of the molecule is CC(=O)N1CCN(c2ccc(Oc3ncc(NS(=O)(=O)c4ccc(F)cc4)cc3Cl)cc2)CC1. The number of nitrogens with one attached hydrogen (secondary N) is 1. The lowest BCUT2D eigenvalue weighted by molar-refractivity contribution is -0.129. The summed E-state index contributed by atoms with van der Waals surface area (Å²) < 4.78 is 46.1. The van der Waals surface area contributed by atoms with E-state index in [1.165, 1.54) is 12.3 Å². The van der Waals surface area contributed by atoms with Crippen molar-refractivity contribution in [2.45, 2.75) is 11.8 Å². The Balaban J connectivity index is 1.40. The number of anilines is 2. The number of halogens is 2. The van der Waals surface area contributed by atoms with Gasteiger partial charge in [-0.2, -0.15) is 0 Å². The number of benzene rings is 2. The standard InChI is InChI=1S/C23H22ClFN4O4S/c1-16(30)28-10-12-29(13-11-28)19-4-6-20(7-5-19)33-23-22(24)14-18(15-26-23)27-34(31,32)21-8-2-17(25)3-9-21/h2-9,14-15,27H,10-13H2,1H3. The summed E-state index contributed by atoms with van der Waals surface area (Å²) in [7, 11) is -3.92. The number of carbonyl (C=O) groups is 1. The third-order valence-corrected chi connectivity index (χ3v) is 6.99. The summed E-state index contributed by atoms with van der Waals surface area (Å²) in [6.45, 7) is 4.45. The molecule has 2 heterocycles. The molecule has 8 nitrogen and oxygen atoms in total. The Kier molecular flexibility index (Phi) is 6.90. The van der Waals surface area contributed by atoms with Crippen LogP contribution in [0.5, 0.6) is 11.6 Å². The molecule has 34 heavy (non-hydrogen) atoms. The average Bonchev–Trinajstić information content (AvgIpc) is 2.81. The maximum absolute atomic E-state index is 13.1. The van der Waals surface area contributed by atoms with Crippen LogP contribution in [-0.2, 0) is 14.8 Å². The number of pyridine rings is 1. The van der Waals surface area contributed by atoms with Gasteiger partial charge in [0.1, 0.15) is 16.6 Å². The second kappa shape index (κ2) is 9.86. The van der Waals surface area contributed by atoms with Gasteiger partial charge in [-0.05, 0) is 54.6 Å². The van der Waals surface area contributed by atoms with Gasteiger partial charge in [0.05, 0.1) is 16.8 Å². The number of hydrogen-bond donors (Lipinski definition) is 1. The smallest absolute Gasteiger partial charge is 0.261 e. The zero-order chi connectivity index (χ0) is 24.3. The quantitative estimate of drug-likeness (QED) is 0.542. The molecule has 1 aromatic heterocycles. The van der Waals surface area contributed by atoms with E-state index in [0.29, 0.717) is 18.8 Å². The summed E-state index contributed by atoms with van der Waals surface area (Å²) in [5.41, 5.74) is 1.15. The van der Waals surface area contributed by atoms with Crippen LogP contribution in [-0.4, -0.2) is 50.4 Å². The van der Waals surface area contributed by atoms with Crippen molar-refractivity contribution >= 4 is 38.9 Å². The predicted molar refractivity (Wildman–Crippen MR) is 127 cm³/mol. The lowest BCUT2D eigenvalue weighted by Gasteiger charge is -2.35. The Morgan fingerprint density at radius 1 is 1.06 bits per heavy atom. The zero-order valence-corrected chi connectivity index (χ0v) is 19.8. The second-order valence-electron chi connectivity index (χ2n) is 7.66. The third kappa shape index (κ3) is 5.57. The van der Waals surface area contributed by atoms with E-state index in [1.54, 1.807) is 19.1 Å². The molecule has 0 radical (unpaired) electrons. The van der Waals surface area contributed by atoms with Gasteiger partial charge in [-0.15, -0.1) is 0 Å². The highest BCUT2D eigenvalue weighted by Gasteiger charge is 2.19. The fourth-order valence-corrected chi connectivity index (χ4v) is 4.74. The molecule has 178 valence electrons. The van der Waals surface area contributed by atoms with Crippen LogP contribution in [0.15, 0.2) is 65.7 Å². The first kappa shape index (κ1) is 23.8. The van der Waals surface area contributed by atoms with Gasteiger partial charge < -0.3 is 14.5 Å². The maximum Gasteiger partial charge on any atom is 0.261 e. The van der Waals surface area contributed by atoms with E-state index in [-0.39, 0.29) is 27.4 Å². The Bertz CT molecular complexity index is 1280. The maximum atomic E-state index is 13.1. The third-order valence-electron chi connectivity index (χ3n) is 5.32. The van der Waals surface area contributed by atoms with Crippen LogP contribution >= 0.6 is 11.6 Å². The molecule has 1 N–H and O–H groups in total. The zero-order valence-electron chi connectivity index (χ0n) is 18.2. The molecule has 0 unspecified atom stereocenters. The topological polar surface area (TPSA) is 91.8 Å². The molecule has 0 aliphatic carbocycles. The van der Waals surface area contributed by atoms with Gasteiger partial charge in [-0.25, -0.2) is 17.8 Å². The van der Waals surface area contributed by atoms with Crippen LogP contribution < -0.4 is 14.4 Å². The molecule has 0 atom stereocenters. The highest BCUT2D eigenvalue weighted by Crippen LogP contribution is 2.31. The number of aromatic nitrogens is 1. The lowest BCUT2D eigenvalue weighted by Crippen LogP contribution is -2.48. The molecular weight excluding hydrogens is 483 g/mol. The first-order valence-corrected chi connectivity index (χ1v) is 12.3. The minimum atomic E-state index is -3.92. The van der Waals surface area contributed by atoms with E-state index in [9.17, 15) is 17.6 Å². The summed E-state index contributed by atoms with van der Waals surface area (Å²) in [6.07, 6.45) is 1.28. The van der Waals surface area contributed by atoms with Crippen LogP contribution in [0.25, 0.3) is 0 Å². The second-order valence-corrected chi connectivity index (χ2v) is 9.75. The van der Waals surface area contributed by atoms with E-state index in [1.807, 2.05) is 17.0 Å². The summed E-state index contributed by atoms with van der Waals surface area (Å²) in [5.74, 6) is 0.185. The van der Waals surface area contributed by atoms with Gasteiger partial charge in [0.2, 0.25) is 11.8 Å². The molecule has 0 saturated carbocycles. The monoisotopic (exact) mass is 504 g/mol. The van der Waals surface area contributed by atoms with Crippen molar-refractivity contribution in [2.75, 3.05) is 35.8 Å². The molecule has 11 heteroatoms. The van der Waals surface area contributed by atoms with Crippen molar-refractivity contribution in [3.63, 3.8) is 0 Å². The number of hydrogen-bond acceptors (Lipinski definition) is 6. The van der Waals surface area contributed by atoms with Crippen LogP contribution in [0.4, 0.5) is 15.8 Å². The van der Waals surface area contributed by atoms with E-state index in [4.69, 9.17) is 16.3 Å². The highest BCUT2D eigenvalue weighted by atomic mass is 35.5. The number of amides is 1. The summed E-state index contributed by atoms with van der Waals surface area (Å²) in [4.78, 5) is 19.5. The van der Waals surface area contributed by atoms with E-state index < -0.39 is 15.8 Å². The largest absolute Gasteiger partial charge is 0.438 e. The number of nitrogens with zero attached hydrogens (tertiary/aromatic N) is 3. The first-order chi connectivity index (χ1) is 16.2. The van der Waals surface area contributed by atoms with Gasteiger partial charge in [0.25, 0.3) is 10.0 Å². The molecule has 1 aliphatic heterocycles. The van der Waals surface area contributed by atoms with Crippen LogP contribution in [0, 0.1) is 5.82 Å². The Morgan fingerprint density at radius 2 is 1.71 bits per heavy atom. The number of piperazine rings is 1. The van der Waals surface area contributed by atoms with Gasteiger partial charge in [0.15, 0.2) is 0 Å². The fraction of sp³-hybridized carbons (Fsp3) is 0.217. The molecule has 1 saturated heterocycles. The van der Waals surface area contributed by atoms with Crippen molar-refractivity contribution < 1.29 is 22.3 Å². The first-order valence-electron chi connectivity index (χ1n) is 10.4. The van der Waals surface area contributed by atoms with E-state index in [0.717, 1.165) is 43.0 Å². The lowest BCUT2D eigenvalue weighted by atomic mass is 10.2. The Morgan fingerprint density at radius 3 is 2.29 bits per heavy atom. The molecule has 0 bridgehead atoms. The molecule has 4 rings (SSSR count). The number of rotatable bonds is 6. The van der Waals surface area contributed by atoms with Crippen LogP contribution in [0.3, 0.4) is 0 Å². The molecule has 0 spiro atoms. The van der Waals surface area contributed by atoms with Crippen molar-refractivity contribution in [3.05, 3.63) is 71.6 Å². The number of carbonyl (C=O) groups excluding carboxylic acids is 1. The van der Waals surface area contributed by atoms with Gasteiger partial charge in [-0.1, -0.05) is 11.6 Å². The average molecular weight is 505 g/mol. The fourth-order valence-electron chi connectivity index (χ4n) is 3.50. The molecular formula is C23H22ClFN4O4S. The molecule has 1 fully saturated rings.